The first-order valence-electron chi connectivity index (χ1n) is 6.25. The maximum absolute atomic E-state index is 13.6. The van der Waals surface area contributed by atoms with Gasteiger partial charge in [0.1, 0.15) is 11.6 Å². The Morgan fingerprint density at radius 1 is 1.19 bits per heavy atom. The largest absolute Gasteiger partial charge is 0.409 e. The standard InChI is InChI=1S/C15H15F2N3O/c1-20(9-12-13(16)6-3-7-14(12)17)11-5-2-4-10(8-11)15(18)19-21/h2-8,21H,9H2,1H3,(H2,18,19). The highest BCUT2D eigenvalue weighted by Crippen LogP contribution is 2.20. The number of nitrogens with zero attached hydrogens (tertiary/aromatic N) is 2. The van der Waals surface area contributed by atoms with E-state index < -0.39 is 11.6 Å². The second-order valence-corrected chi connectivity index (χ2v) is 4.59. The van der Waals surface area contributed by atoms with Crippen LogP contribution < -0.4 is 10.6 Å². The van der Waals surface area contributed by atoms with Crippen molar-refractivity contribution in [2.75, 3.05) is 11.9 Å². The summed E-state index contributed by atoms with van der Waals surface area (Å²) in [6, 6.07) is 10.6. The zero-order valence-corrected chi connectivity index (χ0v) is 11.4. The van der Waals surface area contributed by atoms with E-state index in [0.717, 1.165) is 0 Å². The normalized spacial score (nSPS) is 11.5. The smallest absolute Gasteiger partial charge is 0.170 e. The highest BCUT2D eigenvalue weighted by Gasteiger charge is 2.12. The first-order chi connectivity index (χ1) is 10.0. The third kappa shape index (κ3) is 3.28. The highest BCUT2D eigenvalue weighted by molar-refractivity contribution is 5.97. The Morgan fingerprint density at radius 3 is 2.43 bits per heavy atom. The Bertz CT molecular complexity index is 653. The molecule has 0 saturated heterocycles. The van der Waals surface area contributed by atoms with Gasteiger partial charge in [-0.25, -0.2) is 8.78 Å². The monoisotopic (exact) mass is 291 g/mol. The molecule has 0 unspecified atom stereocenters. The number of oxime groups is 1. The molecule has 0 aliphatic rings. The molecule has 0 aliphatic heterocycles. The molecule has 0 aromatic heterocycles. The van der Waals surface area contributed by atoms with Crippen molar-refractivity contribution in [1.29, 1.82) is 0 Å². The van der Waals surface area contributed by atoms with E-state index in [1.54, 1.807) is 36.2 Å². The molecule has 110 valence electrons. The molecule has 0 bridgehead atoms. The van der Waals surface area contributed by atoms with Gasteiger partial charge in [0.2, 0.25) is 0 Å². The van der Waals surface area contributed by atoms with Crippen molar-refractivity contribution in [2.45, 2.75) is 6.54 Å². The molecule has 0 heterocycles. The van der Waals surface area contributed by atoms with E-state index in [1.807, 2.05) is 0 Å². The third-order valence-electron chi connectivity index (χ3n) is 3.15. The van der Waals surface area contributed by atoms with Crippen LogP contribution in [0, 0.1) is 11.6 Å². The van der Waals surface area contributed by atoms with Gasteiger partial charge in [-0.3, -0.25) is 0 Å². The predicted molar refractivity (Wildman–Crippen MR) is 77.4 cm³/mol. The van der Waals surface area contributed by atoms with Crippen LogP contribution in [-0.2, 0) is 6.54 Å². The Morgan fingerprint density at radius 2 is 1.81 bits per heavy atom. The molecular formula is C15H15F2N3O. The highest BCUT2D eigenvalue weighted by atomic mass is 19.1. The van der Waals surface area contributed by atoms with Gasteiger partial charge in [-0.1, -0.05) is 23.4 Å². The zero-order chi connectivity index (χ0) is 15.4. The van der Waals surface area contributed by atoms with E-state index in [2.05, 4.69) is 5.16 Å². The van der Waals surface area contributed by atoms with Crippen molar-refractivity contribution in [3.05, 3.63) is 65.2 Å². The minimum atomic E-state index is -0.588. The van der Waals surface area contributed by atoms with Gasteiger partial charge in [-0.2, -0.15) is 0 Å². The minimum absolute atomic E-state index is 0.00537. The van der Waals surface area contributed by atoms with Gasteiger partial charge in [0.05, 0.1) is 0 Å². The number of nitrogens with two attached hydrogens (primary N) is 1. The van der Waals surface area contributed by atoms with Crippen LogP contribution in [0.3, 0.4) is 0 Å². The van der Waals surface area contributed by atoms with Crippen LogP contribution in [0.15, 0.2) is 47.6 Å². The Kier molecular flexibility index (Phi) is 4.37. The maximum Gasteiger partial charge on any atom is 0.170 e. The van der Waals surface area contributed by atoms with E-state index in [0.29, 0.717) is 11.3 Å². The molecule has 2 rings (SSSR count). The lowest BCUT2D eigenvalue weighted by Gasteiger charge is -2.20. The van der Waals surface area contributed by atoms with Crippen molar-refractivity contribution in [3.8, 4) is 0 Å². The van der Waals surface area contributed by atoms with Gasteiger partial charge in [-0.15, -0.1) is 0 Å². The van der Waals surface area contributed by atoms with E-state index in [9.17, 15) is 8.78 Å². The van der Waals surface area contributed by atoms with Crippen molar-refractivity contribution >= 4 is 11.5 Å². The summed E-state index contributed by atoms with van der Waals surface area (Å²) >= 11 is 0. The maximum atomic E-state index is 13.6. The van der Waals surface area contributed by atoms with Gasteiger partial charge in [0.15, 0.2) is 5.84 Å². The quantitative estimate of drug-likeness (QED) is 0.394. The first-order valence-corrected chi connectivity index (χ1v) is 6.25. The Labute approximate surface area is 121 Å². The molecule has 0 amide bonds. The number of amidine groups is 1. The second kappa shape index (κ2) is 6.21. The molecule has 0 saturated carbocycles. The van der Waals surface area contributed by atoms with Crippen LogP contribution in [0.2, 0.25) is 0 Å². The lowest BCUT2D eigenvalue weighted by Crippen LogP contribution is -2.19. The van der Waals surface area contributed by atoms with Gasteiger partial charge in [0, 0.05) is 30.4 Å². The second-order valence-electron chi connectivity index (χ2n) is 4.59. The molecule has 0 spiro atoms. The molecule has 0 fully saturated rings. The van der Waals surface area contributed by atoms with Crippen LogP contribution in [0.1, 0.15) is 11.1 Å². The van der Waals surface area contributed by atoms with Crippen molar-refractivity contribution in [1.82, 2.24) is 0 Å². The van der Waals surface area contributed by atoms with Crippen LogP contribution in [0.4, 0.5) is 14.5 Å². The molecule has 3 N–H and O–H groups in total. The molecule has 4 nitrogen and oxygen atoms in total. The average molecular weight is 291 g/mol. The predicted octanol–water partition coefficient (Wildman–Crippen LogP) is 2.70. The summed E-state index contributed by atoms with van der Waals surface area (Å²) in [7, 11) is 1.71. The van der Waals surface area contributed by atoms with E-state index in [-0.39, 0.29) is 17.9 Å². The van der Waals surface area contributed by atoms with E-state index in [4.69, 9.17) is 10.9 Å². The molecule has 2 aromatic rings. The molecule has 6 heteroatoms. The van der Waals surface area contributed by atoms with Gasteiger partial charge >= 0.3 is 0 Å². The molecular weight excluding hydrogens is 276 g/mol. The molecule has 0 radical (unpaired) electrons. The van der Waals surface area contributed by atoms with Crippen molar-refractivity contribution < 1.29 is 14.0 Å². The summed E-state index contributed by atoms with van der Waals surface area (Å²) in [6.07, 6.45) is 0. The fourth-order valence-corrected chi connectivity index (χ4v) is 1.97. The Hall–Kier alpha value is -2.63. The number of halogens is 2. The number of hydrogen-bond acceptors (Lipinski definition) is 3. The summed E-state index contributed by atoms with van der Waals surface area (Å²) in [5.41, 5.74) is 6.74. The fourth-order valence-electron chi connectivity index (χ4n) is 1.97. The van der Waals surface area contributed by atoms with Gasteiger partial charge in [-0.05, 0) is 24.3 Å². The lowest BCUT2D eigenvalue weighted by molar-refractivity contribution is 0.318. The molecule has 21 heavy (non-hydrogen) atoms. The SMILES string of the molecule is CN(Cc1c(F)cccc1F)c1cccc(/C(N)=N/O)c1. The van der Waals surface area contributed by atoms with Crippen LogP contribution in [0.5, 0.6) is 0 Å². The van der Waals surface area contributed by atoms with Crippen molar-refractivity contribution in [2.24, 2.45) is 10.9 Å². The van der Waals surface area contributed by atoms with E-state index in [1.165, 1.54) is 18.2 Å². The number of hydrogen-bond donors (Lipinski definition) is 2. The van der Waals surface area contributed by atoms with E-state index >= 15 is 0 Å². The molecule has 0 aliphatic carbocycles. The lowest BCUT2D eigenvalue weighted by atomic mass is 10.1. The van der Waals surface area contributed by atoms with Crippen molar-refractivity contribution in [3.63, 3.8) is 0 Å². The molecule has 2 aromatic carbocycles. The third-order valence-corrected chi connectivity index (χ3v) is 3.15. The number of rotatable bonds is 4. The number of benzene rings is 2. The van der Waals surface area contributed by atoms with Gasteiger partial charge in [0.25, 0.3) is 0 Å². The van der Waals surface area contributed by atoms with Crippen LogP contribution in [0.25, 0.3) is 0 Å². The topological polar surface area (TPSA) is 61.8 Å². The number of anilines is 1. The van der Waals surface area contributed by atoms with Gasteiger partial charge < -0.3 is 15.8 Å². The summed E-state index contributed by atoms with van der Waals surface area (Å²) in [4.78, 5) is 1.68. The van der Waals surface area contributed by atoms with Crippen LogP contribution >= 0.6 is 0 Å². The summed E-state index contributed by atoms with van der Waals surface area (Å²) in [5.74, 6) is -1.20. The zero-order valence-electron chi connectivity index (χ0n) is 11.4. The first kappa shape index (κ1) is 14.8. The Balaban J connectivity index is 2.27. The average Bonchev–Trinajstić information content (AvgIpc) is 2.50. The fraction of sp³-hybridized carbons (Fsp3) is 0.133. The summed E-state index contributed by atoms with van der Waals surface area (Å²) < 4.78 is 27.3. The van der Waals surface area contributed by atoms with Crippen LogP contribution in [-0.4, -0.2) is 18.1 Å². The summed E-state index contributed by atoms with van der Waals surface area (Å²) in [5, 5.41) is 11.6. The molecule has 0 atom stereocenters. The minimum Gasteiger partial charge on any atom is -0.409 e. The summed E-state index contributed by atoms with van der Waals surface area (Å²) in [6.45, 7) is 0.0676.